The molecule has 0 aromatic heterocycles. The van der Waals surface area contributed by atoms with Crippen molar-refractivity contribution in [2.24, 2.45) is 0 Å². The number of aliphatic carboxylic acids is 1. The largest absolute Gasteiger partial charge is 0.480 e. The number of anilines is 9. The van der Waals surface area contributed by atoms with Crippen molar-refractivity contribution in [3.8, 4) is 0 Å². The fourth-order valence-corrected chi connectivity index (χ4v) is 10.9. The van der Waals surface area contributed by atoms with Crippen LogP contribution in [0.25, 0.3) is 6.08 Å². The lowest BCUT2D eigenvalue weighted by Crippen LogP contribution is -2.33. The summed E-state index contributed by atoms with van der Waals surface area (Å²) < 4.78 is 0.240. The molecule has 0 saturated carbocycles. The molecule has 7 aromatic rings. The first-order valence-corrected chi connectivity index (χ1v) is 21.6. The van der Waals surface area contributed by atoms with E-state index in [0.717, 1.165) is 73.4 Å². The van der Waals surface area contributed by atoms with Gasteiger partial charge in [0.05, 0.1) is 27.7 Å². The quantitative estimate of drug-likeness (QED) is 0.118. The molecular weight excluding hydrogens is 809 g/mol. The monoisotopic (exact) mass is 840 g/mol. The molecule has 0 atom stereocenters. The van der Waals surface area contributed by atoms with Crippen LogP contribution in [0.5, 0.6) is 0 Å². The summed E-state index contributed by atoms with van der Waals surface area (Å²) >= 11 is 10.0. The number of carbonyl (C=O) groups excluding carboxylic acids is 1. The zero-order valence-electron chi connectivity index (χ0n) is 31.1. The number of benzene rings is 7. The molecule has 3 aliphatic rings. The van der Waals surface area contributed by atoms with Gasteiger partial charge in [-0.1, -0.05) is 108 Å². The molecule has 7 nitrogen and oxygen atoms in total. The highest BCUT2D eigenvalue weighted by atomic mass is 32.2. The molecule has 1 amide bonds. The van der Waals surface area contributed by atoms with E-state index in [4.69, 9.17) is 12.2 Å². The molecule has 0 spiro atoms. The summed E-state index contributed by atoms with van der Waals surface area (Å²) in [5, 5.41) is 9.28. The Morgan fingerprint density at radius 1 is 0.542 bits per heavy atom. The zero-order chi connectivity index (χ0) is 40.0. The van der Waals surface area contributed by atoms with Gasteiger partial charge in [-0.15, -0.1) is 0 Å². The van der Waals surface area contributed by atoms with Gasteiger partial charge in [-0.05, 0) is 121 Å². The van der Waals surface area contributed by atoms with Crippen molar-refractivity contribution in [2.75, 3.05) is 21.2 Å². The summed E-state index contributed by atoms with van der Waals surface area (Å²) in [6, 6.07) is 59.4. The summed E-state index contributed by atoms with van der Waals surface area (Å²) in [6.45, 7) is -0.459. The number of carbonyl (C=O) groups is 2. The van der Waals surface area contributed by atoms with Crippen LogP contribution >= 0.6 is 47.5 Å². The molecule has 1 fully saturated rings. The average molecular weight is 841 g/mol. The lowest BCUT2D eigenvalue weighted by atomic mass is 10.1. The van der Waals surface area contributed by atoms with E-state index in [-0.39, 0.29) is 4.32 Å². The van der Waals surface area contributed by atoms with Crippen LogP contribution in [0.4, 0.5) is 51.2 Å². The third-order valence-corrected chi connectivity index (χ3v) is 13.9. The topological polar surface area (TPSA) is 67.3 Å². The van der Waals surface area contributed by atoms with E-state index in [2.05, 4.69) is 160 Å². The lowest BCUT2D eigenvalue weighted by Gasteiger charge is -2.34. The number of hydrogen-bond acceptors (Lipinski definition) is 9. The number of nitrogens with zero attached hydrogens (tertiary/aromatic N) is 4. The molecule has 0 bridgehead atoms. The first kappa shape index (κ1) is 37.1. The molecule has 3 heterocycles. The van der Waals surface area contributed by atoms with Crippen LogP contribution in [-0.2, 0) is 9.59 Å². The second-order valence-corrected chi connectivity index (χ2v) is 17.7. The average Bonchev–Trinajstić information content (AvgIpc) is 3.52. The minimum atomic E-state index is -1.11. The Kier molecular flexibility index (Phi) is 9.74. The van der Waals surface area contributed by atoms with Gasteiger partial charge in [0.2, 0.25) is 0 Å². The van der Waals surface area contributed by atoms with Crippen molar-refractivity contribution in [1.29, 1.82) is 0 Å². The number of amides is 1. The minimum Gasteiger partial charge on any atom is -0.480 e. The highest BCUT2D eigenvalue weighted by Crippen LogP contribution is 2.53. The van der Waals surface area contributed by atoms with Gasteiger partial charge in [-0.25, -0.2) is 0 Å². The van der Waals surface area contributed by atoms with Crippen LogP contribution in [0.3, 0.4) is 0 Å². The van der Waals surface area contributed by atoms with E-state index in [1.54, 1.807) is 29.6 Å². The van der Waals surface area contributed by atoms with Gasteiger partial charge in [0.15, 0.2) is 0 Å². The Labute approximate surface area is 359 Å². The Morgan fingerprint density at radius 3 is 1.31 bits per heavy atom. The Bertz CT molecular complexity index is 2600. The molecule has 0 unspecified atom stereocenters. The molecule has 286 valence electrons. The maximum atomic E-state index is 13.0. The van der Waals surface area contributed by atoms with Gasteiger partial charge < -0.3 is 19.8 Å². The summed E-state index contributed by atoms with van der Waals surface area (Å²) in [4.78, 5) is 37.6. The van der Waals surface area contributed by atoms with Gasteiger partial charge in [0.1, 0.15) is 10.9 Å². The third-order valence-electron chi connectivity index (χ3n) is 10.2. The van der Waals surface area contributed by atoms with Crippen molar-refractivity contribution in [3.63, 3.8) is 0 Å². The molecule has 10 rings (SSSR count). The number of thiocarbonyl (C=S) groups is 1. The van der Waals surface area contributed by atoms with Gasteiger partial charge in [0.25, 0.3) is 5.91 Å². The highest BCUT2D eigenvalue weighted by molar-refractivity contribution is 8.26. The van der Waals surface area contributed by atoms with Crippen LogP contribution in [0, 0.1) is 0 Å². The van der Waals surface area contributed by atoms with E-state index in [1.807, 2.05) is 24.3 Å². The third kappa shape index (κ3) is 6.95. The zero-order valence-corrected chi connectivity index (χ0v) is 34.4. The van der Waals surface area contributed by atoms with Crippen LogP contribution in [0.2, 0.25) is 0 Å². The van der Waals surface area contributed by atoms with Gasteiger partial charge in [-0.3, -0.25) is 14.5 Å². The second-order valence-electron chi connectivity index (χ2n) is 13.9. The van der Waals surface area contributed by atoms with E-state index in [1.165, 1.54) is 19.6 Å². The summed E-state index contributed by atoms with van der Waals surface area (Å²) in [7, 11) is 0. The summed E-state index contributed by atoms with van der Waals surface area (Å²) in [6.07, 6.45) is 1.76. The molecule has 1 saturated heterocycles. The summed E-state index contributed by atoms with van der Waals surface area (Å²) in [5.74, 6) is -1.51. The maximum absolute atomic E-state index is 13.0. The van der Waals surface area contributed by atoms with E-state index in [9.17, 15) is 14.7 Å². The van der Waals surface area contributed by atoms with Crippen LogP contribution in [-0.4, -0.2) is 32.7 Å². The molecule has 1 N–H and O–H groups in total. The number of para-hydroxylation sites is 4. The Balaban J connectivity index is 1.03. The van der Waals surface area contributed by atoms with Gasteiger partial charge >= 0.3 is 5.97 Å². The predicted molar refractivity (Wildman–Crippen MR) is 246 cm³/mol. The normalized spacial score (nSPS) is 14.8. The van der Waals surface area contributed by atoms with E-state index >= 15 is 0 Å². The van der Waals surface area contributed by atoms with Gasteiger partial charge in [0, 0.05) is 48.0 Å². The lowest BCUT2D eigenvalue weighted by molar-refractivity contribution is -0.140. The van der Waals surface area contributed by atoms with Crippen LogP contribution in [0.15, 0.2) is 194 Å². The van der Waals surface area contributed by atoms with Crippen molar-refractivity contribution in [2.45, 2.75) is 19.6 Å². The highest BCUT2D eigenvalue weighted by Gasteiger charge is 2.33. The fraction of sp³-hybridized carbons (Fsp3) is 0.0208. The van der Waals surface area contributed by atoms with E-state index < -0.39 is 18.4 Å². The fourth-order valence-electron chi connectivity index (χ4n) is 7.56. The smallest absolute Gasteiger partial charge is 0.323 e. The number of carboxylic acids is 1. The molecular formula is C48H32N4O3S4. The van der Waals surface area contributed by atoms with E-state index in [0.29, 0.717) is 4.91 Å². The van der Waals surface area contributed by atoms with Crippen molar-refractivity contribution < 1.29 is 14.7 Å². The Morgan fingerprint density at radius 2 is 0.915 bits per heavy atom. The maximum Gasteiger partial charge on any atom is 0.323 e. The minimum absolute atomic E-state index is 0.240. The Hall–Kier alpha value is -6.24. The van der Waals surface area contributed by atoms with Crippen molar-refractivity contribution >= 4 is 121 Å². The number of rotatable bonds is 8. The van der Waals surface area contributed by atoms with Crippen LogP contribution < -0.4 is 14.7 Å². The van der Waals surface area contributed by atoms with Crippen LogP contribution in [0.1, 0.15) is 5.56 Å². The summed E-state index contributed by atoms with van der Waals surface area (Å²) in [5.41, 5.74) is 10.4. The first-order valence-electron chi connectivity index (χ1n) is 18.8. The van der Waals surface area contributed by atoms with Crippen molar-refractivity contribution in [1.82, 2.24) is 4.90 Å². The first-order chi connectivity index (χ1) is 28.9. The molecule has 11 heteroatoms. The predicted octanol–water partition coefficient (Wildman–Crippen LogP) is 13.3. The standard InChI is InChI=1S/C48H32N4O3S4/c53-46(54)30-49-47(55)45(59-48(49)56)29-31-17-19-32(20-18-31)50(33-21-25-35(26-22-33)51-37-9-1-5-13-41(37)57-42-14-6-2-10-38(42)51)34-23-27-36(28-24-34)52-39-11-3-7-15-43(39)58-44-16-8-4-12-40(44)52/h1-29H,30H2,(H,53,54)/b45-29-. The van der Waals surface area contributed by atoms with Crippen molar-refractivity contribution in [3.05, 3.63) is 180 Å². The number of hydrogen-bond donors (Lipinski definition) is 1. The second kappa shape index (κ2) is 15.5. The molecule has 59 heavy (non-hydrogen) atoms. The number of carboxylic acid groups (broad SMARTS) is 1. The molecule has 0 radical (unpaired) electrons. The number of fused-ring (bicyclic) bond motifs is 4. The molecule has 7 aromatic carbocycles. The van der Waals surface area contributed by atoms with Gasteiger partial charge in [-0.2, -0.15) is 0 Å². The molecule has 0 aliphatic carbocycles. The molecule has 3 aliphatic heterocycles. The number of thioether (sulfide) groups is 1. The SMILES string of the molecule is O=C(O)CN1C(=O)/C(=C/c2ccc(N(c3ccc(N4c5ccccc5Sc5ccccc54)cc3)c3ccc(N4c5ccccc5Sc5ccccc54)cc3)cc2)SC1=S.